The van der Waals surface area contributed by atoms with Crippen LogP contribution in [0.3, 0.4) is 0 Å². The highest BCUT2D eigenvalue weighted by molar-refractivity contribution is 14.0. The Labute approximate surface area is 202 Å². The van der Waals surface area contributed by atoms with E-state index in [1.165, 1.54) is 16.7 Å². The van der Waals surface area contributed by atoms with Gasteiger partial charge in [-0.1, -0.05) is 24.3 Å². The SMILES string of the molecule is CCNC(=NCc1ccn(C)c1)NCc1cccc(CN2CCCC(C(N)=O)C2)c1.I. The Bertz CT molecular complexity index is 865. The van der Waals surface area contributed by atoms with Crippen molar-refractivity contribution in [1.82, 2.24) is 20.1 Å². The zero-order valence-corrected chi connectivity index (χ0v) is 20.8. The zero-order chi connectivity index (χ0) is 21.3. The summed E-state index contributed by atoms with van der Waals surface area (Å²) < 4.78 is 2.03. The minimum Gasteiger partial charge on any atom is -0.369 e. The van der Waals surface area contributed by atoms with Crippen LogP contribution in [0.25, 0.3) is 0 Å². The van der Waals surface area contributed by atoms with Crippen LogP contribution in [0, 0.1) is 5.92 Å². The van der Waals surface area contributed by atoms with Crippen LogP contribution in [0.5, 0.6) is 0 Å². The maximum atomic E-state index is 11.5. The van der Waals surface area contributed by atoms with Gasteiger partial charge in [0.25, 0.3) is 0 Å². The maximum absolute atomic E-state index is 11.5. The lowest BCUT2D eigenvalue weighted by atomic mass is 9.97. The lowest BCUT2D eigenvalue weighted by molar-refractivity contribution is -0.123. The van der Waals surface area contributed by atoms with Gasteiger partial charge in [0.05, 0.1) is 12.5 Å². The minimum atomic E-state index is -0.177. The number of hydrogen-bond acceptors (Lipinski definition) is 3. The topological polar surface area (TPSA) is 87.7 Å². The predicted molar refractivity (Wildman–Crippen MR) is 136 cm³/mol. The van der Waals surface area contributed by atoms with Crippen molar-refractivity contribution in [1.29, 1.82) is 0 Å². The van der Waals surface area contributed by atoms with Crippen LogP contribution in [-0.2, 0) is 31.5 Å². The van der Waals surface area contributed by atoms with Crippen LogP contribution in [-0.4, -0.2) is 41.0 Å². The Morgan fingerprint density at radius 3 is 2.74 bits per heavy atom. The van der Waals surface area contributed by atoms with Crippen molar-refractivity contribution in [2.24, 2.45) is 23.7 Å². The van der Waals surface area contributed by atoms with Gasteiger partial charge in [-0.15, -0.1) is 24.0 Å². The van der Waals surface area contributed by atoms with Gasteiger partial charge >= 0.3 is 0 Å². The monoisotopic (exact) mass is 538 g/mol. The highest BCUT2D eigenvalue weighted by Gasteiger charge is 2.23. The van der Waals surface area contributed by atoms with E-state index in [1.807, 2.05) is 17.8 Å². The molecule has 1 atom stereocenters. The number of aryl methyl sites for hydroxylation is 1. The number of rotatable bonds is 8. The Hall–Kier alpha value is -2.07. The number of nitrogens with two attached hydrogens (primary N) is 1. The normalized spacial score (nSPS) is 17.1. The van der Waals surface area contributed by atoms with E-state index in [2.05, 4.69) is 64.0 Å². The van der Waals surface area contributed by atoms with E-state index in [-0.39, 0.29) is 35.8 Å². The third-order valence-corrected chi connectivity index (χ3v) is 5.42. The van der Waals surface area contributed by atoms with Crippen molar-refractivity contribution in [3.63, 3.8) is 0 Å². The molecule has 8 heteroatoms. The summed E-state index contributed by atoms with van der Waals surface area (Å²) >= 11 is 0. The molecule has 4 N–H and O–H groups in total. The van der Waals surface area contributed by atoms with E-state index in [9.17, 15) is 4.79 Å². The number of carbonyl (C=O) groups excluding carboxylic acids is 1. The molecule has 3 rings (SSSR count). The lowest BCUT2D eigenvalue weighted by Gasteiger charge is -2.31. The molecule has 1 aromatic carbocycles. The molecule has 0 spiro atoms. The Morgan fingerprint density at radius 2 is 2.03 bits per heavy atom. The number of amides is 1. The number of primary amides is 1. The van der Waals surface area contributed by atoms with Crippen LogP contribution in [0.15, 0.2) is 47.7 Å². The summed E-state index contributed by atoms with van der Waals surface area (Å²) in [4.78, 5) is 18.5. The fourth-order valence-corrected chi connectivity index (χ4v) is 3.88. The fraction of sp³-hybridized carbons (Fsp3) is 0.478. The molecule has 0 aliphatic carbocycles. The number of halogens is 1. The third kappa shape index (κ3) is 8.17. The standard InChI is InChI=1S/C23H34N6O.HI/c1-3-25-23(27-14-20-9-11-28(2)15-20)26-13-18-6-4-7-19(12-18)16-29-10-5-8-21(17-29)22(24)30;/h4,6-7,9,11-12,15,21H,3,5,8,10,13-14,16-17H2,1-2H3,(H2,24,30)(H2,25,26,27);1H. The van der Waals surface area contributed by atoms with Crippen molar-refractivity contribution in [2.75, 3.05) is 19.6 Å². The molecule has 0 saturated carbocycles. The van der Waals surface area contributed by atoms with E-state index in [4.69, 9.17) is 5.73 Å². The smallest absolute Gasteiger partial charge is 0.221 e. The summed E-state index contributed by atoms with van der Waals surface area (Å²) in [5.74, 6) is 0.614. The molecular weight excluding hydrogens is 503 g/mol. The average molecular weight is 538 g/mol. The first-order chi connectivity index (χ1) is 14.5. The molecular formula is C23H35IN6O. The molecule has 0 radical (unpaired) electrons. The molecule has 1 aliphatic rings. The molecule has 1 saturated heterocycles. The highest BCUT2D eigenvalue weighted by Crippen LogP contribution is 2.18. The van der Waals surface area contributed by atoms with E-state index in [0.717, 1.165) is 45.0 Å². The molecule has 1 aromatic heterocycles. The summed E-state index contributed by atoms with van der Waals surface area (Å²) in [6.45, 7) is 6.86. The second kappa shape index (κ2) is 12.7. The van der Waals surface area contributed by atoms with Gasteiger partial charge in [0, 0.05) is 45.6 Å². The van der Waals surface area contributed by atoms with Gasteiger partial charge in [0.2, 0.25) is 5.91 Å². The van der Waals surface area contributed by atoms with Crippen molar-refractivity contribution in [3.05, 3.63) is 59.4 Å². The van der Waals surface area contributed by atoms with Crippen LogP contribution in [0.1, 0.15) is 36.5 Å². The number of carbonyl (C=O) groups is 1. The van der Waals surface area contributed by atoms with Gasteiger partial charge in [-0.25, -0.2) is 4.99 Å². The third-order valence-electron chi connectivity index (χ3n) is 5.42. The number of nitrogens with one attached hydrogen (secondary N) is 2. The second-order valence-corrected chi connectivity index (χ2v) is 8.03. The lowest BCUT2D eigenvalue weighted by Crippen LogP contribution is -2.40. The molecule has 7 nitrogen and oxygen atoms in total. The molecule has 2 aromatic rings. The summed E-state index contributed by atoms with van der Waals surface area (Å²) in [6.07, 6.45) is 6.05. The second-order valence-electron chi connectivity index (χ2n) is 8.03. The molecule has 31 heavy (non-hydrogen) atoms. The van der Waals surface area contributed by atoms with E-state index >= 15 is 0 Å². The number of aliphatic imine (C=N–C) groups is 1. The van der Waals surface area contributed by atoms with Gasteiger partial charge in [-0.3, -0.25) is 9.69 Å². The summed E-state index contributed by atoms with van der Waals surface area (Å²) in [5, 5.41) is 6.73. The number of nitrogens with zero attached hydrogens (tertiary/aromatic N) is 3. The summed E-state index contributed by atoms with van der Waals surface area (Å²) in [5.41, 5.74) is 9.16. The van der Waals surface area contributed by atoms with Crippen LogP contribution in [0.2, 0.25) is 0 Å². The molecule has 1 aliphatic heterocycles. The van der Waals surface area contributed by atoms with E-state index in [1.54, 1.807) is 0 Å². The summed E-state index contributed by atoms with van der Waals surface area (Å²) in [7, 11) is 2.02. The fourth-order valence-electron chi connectivity index (χ4n) is 3.88. The molecule has 2 heterocycles. The van der Waals surface area contributed by atoms with Crippen molar-refractivity contribution >= 4 is 35.8 Å². The molecule has 1 fully saturated rings. The van der Waals surface area contributed by atoms with Crippen molar-refractivity contribution in [3.8, 4) is 0 Å². The van der Waals surface area contributed by atoms with Crippen LogP contribution < -0.4 is 16.4 Å². The molecule has 0 bridgehead atoms. The number of hydrogen-bond donors (Lipinski definition) is 3. The number of likely N-dealkylation sites (tertiary alicyclic amines) is 1. The molecule has 1 amide bonds. The predicted octanol–water partition coefficient (Wildman–Crippen LogP) is 2.60. The number of guanidine groups is 1. The van der Waals surface area contributed by atoms with Gasteiger partial charge in [0.1, 0.15) is 0 Å². The molecule has 1 unspecified atom stereocenters. The first-order valence-corrected chi connectivity index (χ1v) is 10.8. The van der Waals surface area contributed by atoms with Crippen molar-refractivity contribution < 1.29 is 4.79 Å². The number of piperidine rings is 1. The van der Waals surface area contributed by atoms with Crippen molar-refractivity contribution in [2.45, 2.75) is 39.4 Å². The average Bonchev–Trinajstić information content (AvgIpc) is 3.16. The molecule has 170 valence electrons. The zero-order valence-electron chi connectivity index (χ0n) is 18.5. The summed E-state index contributed by atoms with van der Waals surface area (Å²) in [6, 6.07) is 10.7. The minimum absolute atomic E-state index is 0. The quantitative estimate of drug-likeness (QED) is 0.274. The Balaban J connectivity index is 0.00000341. The van der Waals surface area contributed by atoms with Gasteiger partial charge < -0.3 is 20.9 Å². The van der Waals surface area contributed by atoms with Gasteiger partial charge in [0.15, 0.2) is 5.96 Å². The van der Waals surface area contributed by atoms with Gasteiger partial charge in [-0.2, -0.15) is 0 Å². The van der Waals surface area contributed by atoms with E-state index in [0.29, 0.717) is 13.1 Å². The Kier molecular flexibility index (Phi) is 10.3. The number of benzene rings is 1. The Morgan fingerprint density at radius 1 is 1.23 bits per heavy atom. The first-order valence-electron chi connectivity index (χ1n) is 10.8. The van der Waals surface area contributed by atoms with Gasteiger partial charge in [-0.05, 0) is 49.1 Å². The van der Waals surface area contributed by atoms with E-state index < -0.39 is 0 Å². The maximum Gasteiger partial charge on any atom is 0.221 e. The van der Waals surface area contributed by atoms with Crippen LogP contribution >= 0.6 is 24.0 Å². The first kappa shape index (κ1) is 25.2. The highest BCUT2D eigenvalue weighted by atomic mass is 127. The van der Waals surface area contributed by atoms with Crippen LogP contribution in [0.4, 0.5) is 0 Å². The number of aromatic nitrogens is 1. The largest absolute Gasteiger partial charge is 0.369 e.